The van der Waals surface area contributed by atoms with Gasteiger partial charge in [-0.25, -0.2) is 0 Å². The molecule has 4 heterocycles. The van der Waals surface area contributed by atoms with Gasteiger partial charge in [0, 0.05) is 0 Å². The second-order valence-electron chi connectivity index (χ2n) is 12.3. The molecule has 8 unspecified atom stereocenters. The second kappa shape index (κ2) is 10.6. The summed E-state index contributed by atoms with van der Waals surface area (Å²) in [5.74, 6) is -8.57. The molecule has 6 aliphatic rings. The van der Waals surface area contributed by atoms with Crippen LogP contribution in [-0.4, -0.2) is 47.8 Å². The minimum atomic E-state index is -0.609. The molecule has 2 aromatic rings. The highest BCUT2D eigenvalue weighted by Gasteiger charge is 2.55. The molecule has 8 atom stereocenters. The van der Waals surface area contributed by atoms with Gasteiger partial charge in [-0.15, -0.1) is 0 Å². The third-order valence-electron chi connectivity index (χ3n) is 9.82. The molecule has 4 saturated heterocycles. The van der Waals surface area contributed by atoms with Crippen LogP contribution in [0.3, 0.4) is 0 Å². The van der Waals surface area contributed by atoms with E-state index in [-0.39, 0.29) is 24.7 Å². The molecular weight excluding hydrogens is 588 g/mol. The van der Waals surface area contributed by atoms with Gasteiger partial charge < -0.3 is 18.9 Å². The van der Waals surface area contributed by atoms with Gasteiger partial charge in [0.25, 0.3) is 0 Å². The number of esters is 8. The standard InChI is InChI=1S/C17H14O6.C16H12O6/c1-7-2-3-8-9(11-6-13(18)22-15(11)19)5-12-14(10(8)4-7)17(21)23-16(12)20;17-12-6-10(14(18)21-12)9-5-11-13(16(20)22-15(11)19)8-4-2-1-3-7(8)9/h2-4,9,11-12,14H,5-6H2,1H3;1-4,9-11,13H,5-6H2. The highest BCUT2D eigenvalue weighted by Crippen LogP contribution is 2.52. The first-order valence-corrected chi connectivity index (χ1v) is 14.7. The van der Waals surface area contributed by atoms with Gasteiger partial charge >= 0.3 is 47.8 Å². The van der Waals surface area contributed by atoms with Crippen LogP contribution in [-0.2, 0) is 57.3 Å². The highest BCUT2D eigenvalue weighted by atomic mass is 16.6. The molecule has 12 nitrogen and oxygen atoms in total. The summed E-state index contributed by atoms with van der Waals surface area (Å²) in [5.41, 5.74) is 4.06. The zero-order valence-corrected chi connectivity index (χ0v) is 23.9. The predicted octanol–water partition coefficient (Wildman–Crippen LogP) is 2.40. The number of fused-ring (bicyclic) bond motifs is 6. The highest BCUT2D eigenvalue weighted by molar-refractivity contribution is 6.02. The summed E-state index contributed by atoms with van der Waals surface area (Å²) in [4.78, 5) is 94.6. The summed E-state index contributed by atoms with van der Waals surface area (Å²) in [5, 5.41) is 0. The number of cyclic esters (lactones) is 8. The van der Waals surface area contributed by atoms with Gasteiger partial charge in [-0.2, -0.15) is 0 Å². The van der Waals surface area contributed by atoms with Crippen LogP contribution in [0.4, 0.5) is 0 Å². The third kappa shape index (κ3) is 4.66. The minimum Gasteiger partial charge on any atom is -0.393 e. The number of benzene rings is 2. The van der Waals surface area contributed by atoms with E-state index in [1.165, 1.54) is 0 Å². The third-order valence-corrected chi connectivity index (χ3v) is 9.82. The SMILES string of the molecule is Cc1ccc2c(c1)C1C(=O)OC(=O)C1CC2C1CC(=O)OC1=O.O=C1CC(C2CC3C(=O)OC(=O)C3c3ccccc32)C(=O)O1. The van der Waals surface area contributed by atoms with Gasteiger partial charge in [-0.3, -0.25) is 38.4 Å². The minimum absolute atomic E-state index is 0.0111. The van der Waals surface area contributed by atoms with Gasteiger partial charge in [0.05, 0.1) is 48.3 Å². The largest absolute Gasteiger partial charge is 0.393 e. The van der Waals surface area contributed by atoms with Crippen LogP contribution < -0.4 is 0 Å². The fraction of sp³-hybridized carbons (Fsp3) is 0.394. The van der Waals surface area contributed by atoms with Crippen LogP contribution in [0.1, 0.15) is 77.2 Å². The summed E-state index contributed by atoms with van der Waals surface area (Å²) in [7, 11) is 0. The quantitative estimate of drug-likeness (QED) is 0.275. The molecule has 0 amide bonds. The summed E-state index contributed by atoms with van der Waals surface area (Å²) < 4.78 is 18.9. The maximum absolute atomic E-state index is 12.0. The van der Waals surface area contributed by atoms with E-state index in [0.717, 1.165) is 22.3 Å². The molecule has 0 saturated carbocycles. The van der Waals surface area contributed by atoms with Gasteiger partial charge in [-0.1, -0.05) is 48.0 Å². The molecule has 0 aromatic heterocycles. The van der Waals surface area contributed by atoms with Crippen molar-refractivity contribution in [1.82, 2.24) is 0 Å². The van der Waals surface area contributed by atoms with Crippen molar-refractivity contribution in [2.24, 2.45) is 23.7 Å². The topological polar surface area (TPSA) is 173 Å². The van der Waals surface area contributed by atoms with E-state index >= 15 is 0 Å². The predicted molar refractivity (Wildman–Crippen MR) is 145 cm³/mol. The monoisotopic (exact) mass is 614 g/mol. The molecule has 4 fully saturated rings. The van der Waals surface area contributed by atoms with Gasteiger partial charge in [-0.05, 0) is 53.9 Å². The summed E-state index contributed by atoms with van der Waals surface area (Å²) in [6.07, 6.45) is 0.660. The van der Waals surface area contributed by atoms with E-state index in [0.29, 0.717) is 18.4 Å². The Balaban J connectivity index is 0.000000145. The van der Waals surface area contributed by atoms with E-state index < -0.39 is 83.3 Å². The van der Waals surface area contributed by atoms with E-state index in [9.17, 15) is 38.4 Å². The van der Waals surface area contributed by atoms with E-state index in [1.54, 1.807) is 12.1 Å². The molecule has 45 heavy (non-hydrogen) atoms. The smallest absolute Gasteiger partial charge is 0.321 e. The van der Waals surface area contributed by atoms with Crippen molar-refractivity contribution in [3.63, 3.8) is 0 Å². The first-order valence-electron chi connectivity index (χ1n) is 14.7. The average Bonchev–Trinajstić information content (AvgIpc) is 3.70. The van der Waals surface area contributed by atoms with Crippen LogP contribution in [0.15, 0.2) is 42.5 Å². The molecule has 4 aliphatic heterocycles. The Morgan fingerprint density at radius 3 is 1.40 bits per heavy atom. The Labute approximate surface area is 255 Å². The lowest BCUT2D eigenvalue weighted by atomic mass is 9.67. The molecule has 0 N–H and O–H groups in total. The van der Waals surface area contributed by atoms with Crippen molar-refractivity contribution in [1.29, 1.82) is 0 Å². The molecule has 2 aliphatic carbocycles. The van der Waals surface area contributed by atoms with Crippen LogP contribution in [0.25, 0.3) is 0 Å². The van der Waals surface area contributed by atoms with Crippen LogP contribution in [0.5, 0.6) is 0 Å². The number of hydrogen-bond donors (Lipinski definition) is 0. The molecular formula is C33H26O12. The van der Waals surface area contributed by atoms with Crippen molar-refractivity contribution in [3.8, 4) is 0 Å². The van der Waals surface area contributed by atoms with Crippen molar-refractivity contribution < 1.29 is 57.3 Å². The first kappa shape index (κ1) is 28.8. The normalized spacial score (nSPS) is 32.8. The van der Waals surface area contributed by atoms with E-state index in [2.05, 4.69) is 9.47 Å². The number of hydrogen-bond acceptors (Lipinski definition) is 12. The van der Waals surface area contributed by atoms with Crippen molar-refractivity contribution >= 4 is 47.8 Å². The Kier molecular flexibility index (Phi) is 6.75. The van der Waals surface area contributed by atoms with Crippen LogP contribution >= 0.6 is 0 Å². The Morgan fingerprint density at radius 1 is 0.467 bits per heavy atom. The number of rotatable bonds is 2. The molecule has 8 rings (SSSR count). The maximum atomic E-state index is 12.0. The molecule has 0 bridgehead atoms. The zero-order valence-electron chi connectivity index (χ0n) is 23.9. The number of carbonyl (C=O) groups excluding carboxylic acids is 8. The second-order valence-corrected chi connectivity index (χ2v) is 12.3. The number of ether oxygens (including phenoxy) is 4. The summed E-state index contributed by atoms with van der Waals surface area (Å²) >= 11 is 0. The van der Waals surface area contributed by atoms with Crippen molar-refractivity contribution in [3.05, 3.63) is 70.3 Å². The molecule has 230 valence electrons. The fourth-order valence-electron chi connectivity index (χ4n) is 7.82. The number of aryl methyl sites for hydroxylation is 1. The fourth-order valence-corrected chi connectivity index (χ4v) is 7.82. The molecule has 2 aromatic carbocycles. The molecule has 0 spiro atoms. The lowest BCUT2D eigenvalue weighted by molar-refractivity contribution is -0.155. The Hall–Kier alpha value is -5.00. The summed E-state index contributed by atoms with van der Waals surface area (Å²) in [6.45, 7) is 1.90. The number of carbonyl (C=O) groups is 8. The zero-order chi connectivity index (χ0) is 31.7. The lowest BCUT2D eigenvalue weighted by Gasteiger charge is -2.33. The van der Waals surface area contributed by atoms with Crippen molar-refractivity contribution in [2.45, 2.75) is 56.3 Å². The maximum Gasteiger partial charge on any atom is 0.321 e. The van der Waals surface area contributed by atoms with E-state index in [4.69, 9.17) is 9.47 Å². The Bertz CT molecular complexity index is 1740. The average molecular weight is 615 g/mol. The van der Waals surface area contributed by atoms with Crippen LogP contribution in [0, 0.1) is 30.6 Å². The van der Waals surface area contributed by atoms with E-state index in [1.807, 2.05) is 37.3 Å². The van der Waals surface area contributed by atoms with Crippen molar-refractivity contribution in [2.75, 3.05) is 0 Å². The van der Waals surface area contributed by atoms with Gasteiger partial charge in [0.1, 0.15) is 0 Å². The first-order chi connectivity index (χ1) is 21.5. The summed E-state index contributed by atoms with van der Waals surface area (Å²) in [6, 6.07) is 12.8. The van der Waals surface area contributed by atoms with Gasteiger partial charge in [0.15, 0.2) is 0 Å². The molecule has 0 radical (unpaired) electrons. The van der Waals surface area contributed by atoms with Gasteiger partial charge in [0.2, 0.25) is 0 Å². The molecule has 12 heteroatoms. The van der Waals surface area contributed by atoms with Crippen LogP contribution in [0.2, 0.25) is 0 Å². The lowest BCUT2D eigenvalue weighted by Crippen LogP contribution is -2.31. The Morgan fingerprint density at radius 2 is 0.911 bits per heavy atom.